The first kappa shape index (κ1) is 11.7. The van der Waals surface area contributed by atoms with Crippen molar-refractivity contribution in [2.45, 2.75) is 38.3 Å². The van der Waals surface area contributed by atoms with E-state index < -0.39 is 0 Å². The average molecular weight is 243 g/mol. The van der Waals surface area contributed by atoms with Crippen LogP contribution in [-0.4, -0.2) is 23.3 Å². The summed E-state index contributed by atoms with van der Waals surface area (Å²) in [6.45, 7) is 2.90. The van der Waals surface area contributed by atoms with Crippen molar-refractivity contribution < 1.29 is 0 Å². The summed E-state index contributed by atoms with van der Waals surface area (Å²) < 4.78 is 0. The molecule has 1 fully saturated rings. The van der Waals surface area contributed by atoms with E-state index in [0.29, 0.717) is 12.5 Å². The summed E-state index contributed by atoms with van der Waals surface area (Å²) in [4.78, 5) is 0. The van der Waals surface area contributed by atoms with Gasteiger partial charge in [0.05, 0.1) is 11.3 Å². The molecule has 1 aliphatic heterocycles. The van der Waals surface area contributed by atoms with Crippen LogP contribution in [-0.2, 0) is 6.54 Å². The molecule has 3 nitrogen and oxygen atoms in total. The fourth-order valence-electron chi connectivity index (χ4n) is 3.41. The second-order valence-electron chi connectivity index (χ2n) is 5.55. The molecule has 2 N–H and O–H groups in total. The summed E-state index contributed by atoms with van der Waals surface area (Å²) in [7, 11) is 2.12. The number of rotatable bonds is 2. The Hall–Kier alpha value is -1.35. The van der Waals surface area contributed by atoms with Gasteiger partial charge in [-0.3, -0.25) is 5.01 Å². The molecule has 1 heterocycles. The van der Waals surface area contributed by atoms with Crippen LogP contribution >= 0.6 is 0 Å². The van der Waals surface area contributed by atoms with Crippen LogP contribution in [0.1, 0.15) is 37.3 Å². The first-order valence-corrected chi connectivity index (χ1v) is 6.80. The lowest BCUT2D eigenvalue weighted by molar-refractivity contribution is 0.0346. The fourth-order valence-corrected chi connectivity index (χ4v) is 3.41. The second-order valence-corrected chi connectivity index (χ2v) is 5.55. The zero-order chi connectivity index (χ0) is 12.8. The van der Waals surface area contributed by atoms with Crippen LogP contribution in [0.15, 0.2) is 29.4 Å². The Bertz CT molecular complexity index is 488. The van der Waals surface area contributed by atoms with Gasteiger partial charge in [0, 0.05) is 25.1 Å². The first-order valence-electron chi connectivity index (χ1n) is 6.80. The van der Waals surface area contributed by atoms with Crippen LogP contribution in [0.5, 0.6) is 0 Å². The Labute approximate surface area is 109 Å². The topological polar surface area (TPSA) is 41.6 Å². The van der Waals surface area contributed by atoms with Crippen molar-refractivity contribution in [3.63, 3.8) is 0 Å². The lowest BCUT2D eigenvalue weighted by Gasteiger charge is -2.46. The third kappa shape index (κ3) is 1.43. The molecular formula is C15H21N3. The van der Waals surface area contributed by atoms with Gasteiger partial charge in [-0.15, -0.1) is 0 Å². The molecule has 1 spiro atoms. The van der Waals surface area contributed by atoms with Gasteiger partial charge in [0.2, 0.25) is 0 Å². The van der Waals surface area contributed by atoms with Crippen LogP contribution in [0.25, 0.3) is 0 Å². The molecule has 2 aliphatic rings. The summed E-state index contributed by atoms with van der Waals surface area (Å²) in [5.41, 5.74) is 9.79. The molecule has 96 valence electrons. The maximum Gasteiger partial charge on any atom is 0.0733 e. The number of nitrogens with two attached hydrogens (primary N) is 1. The molecule has 0 saturated heterocycles. The molecule has 3 heteroatoms. The van der Waals surface area contributed by atoms with E-state index >= 15 is 0 Å². The van der Waals surface area contributed by atoms with Gasteiger partial charge in [-0.1, -0.05) is 31.2 Å². The molecule has 1 unspecified atom stereocenters. The molecule has 1 aromatic carbocycles. The van der Waals surface area contributed by atoms with E-state index in [-0.39, 0.29) is 5.54 Å². The van der Waals surface area contributed by atoms with Crippen LogP contribution in [0.2, 0.25) is 0 Å². The molecule has 0 amide bonds. The Kier molecular flexibility index (Phi) is 2.67. The summed E-state index contributed by atoms with van der Waals surface area (Å²) >= 11 is 0. The van der Waals surface area contributed by atoms with E-state index in [9.17, 15) is 0 Å². The maximum absolute atomic E-state index is 5.84. The third-order valence-corrected chi connectivity index (χ3v) is 4.85. The maximum atomic E-state index is 5.84. The predicted octanol–water partition coefficient (Wildman–Crippen LogP) is 2.35. The minimum atomic E-state index is 0.289. The van der Waals surface area contributed by atoms with Crippen molar-refractivity contribution >= 4 is 5.71 Å². The normalized spacial score (nSPS) is 25.2. The van der Waals surface area contributed by atoms with Crippen LogP contribution in [0.3, 0.4) is 0 Å². The quantitative estimate of drug-likeness (QED) is 0.866. The molecule has 0 aromatic heterocycles. The van der Waals surface area contributed by atoms with Gasteiger partial charge in [0.1, 0.15) is 0 Å². The Morgan fingerprint density at radius 1 is 1.39 bits per heavy atom. The van der Waals surface area contributed by atoms with E-state index in [1.807, 2.05) is 0 Å². The van der Waals surface area contributed by atoms with Crippen LogP contribution in [0.4, 0.5) is 0 Å². The molecule has 1 aliphatic carbocycles. The van der Waals surface area contributed by atoms with Crippen LogP contribution < -0.4 is 5.73 Å². The standard InChI is InChI=1S/C15H21N3/c1-11-14(13-7-4-3-6-12(13)10-16)17-18(2)15(11)8-5-9-15/h3-4,6-7,11H,5,8-10,16H2,1-2H3. The smallest absolute Gasteiger partial charge is 0.0733 e. The highest BCUT2D eigenvalue weighted by atomic mass is 15.5. The van der Waals surface area contributed by atoms with Gasteiger partial charge in [-0.05, 0) is 24.8 Å². The molecule has 18 heavy (non-hydrogen) atoms. The van der Waals surface area contributed by atoms with Crippen molar-refractivity contribution in [3.05, 3.63) is 35.4 Å². The zero-order valence-corrected chi connectivity index (χ0v) is 11.2. The van der Waals surface area contributed by atoms with Gasteiger partial charge in [-0.2, -0.15) is 5.10 Å². The number of nitrogens with zero attached hydrogens (tertiary/aromatic N) is 2. The average Bonchev–Trinajstić information content (AvgIpc) is 2.60. The van der Waals surface area contributed by atoms with E-state index in [0.717, 1.165) is 0 Å². The molecular weight excluding hydrogens is 222 g/mol. The second kappa shape index (κ2) is 4.09. The molecule has 0 radical (unpaired) electrons. The van der Waals surface area contributed by atoms with Crippen molar-refractivity contribution in [3.8, 4) is 0 Å². The highest BCUT2D eigenvalue weighted by molar-refractivity contribution is 6.05. The number of hydrogen-bond acceptors (Lipinski definition) is 3. The van der Waals surface area contributed by atoms with Crippen molar-refractivity contribution in [2.24, 2.45) is 16.8 Å². The number of hydrazone groups is 1. The molecule has 1 atom stereocenters. The predicted molar refractivity (Wildman–Crippen MR) is 74.4 cm³/mol. The summed E-state index contributed by atoms with van der Waals surface area (Å²) in [5.74, 6) is 0.504. The largest absolute Gasteiger partial charge is 0.326 e. The third-order valence-electron chi connectivity index (χ3n) is 4.85. The van der Waals surface area contributed by atoms with E-state index in [1.165, 1.54) is 36.1 Å². The van der Waals surface area contributed by atoms with Crippen molar-refractivity contribution in [1.29, 1.82) is 0 Å². The molecule has 1 aromatic rings. The van der Waals surface area contributed by atoms with E-state index in [1.54, 1.807) is 0 Å². The molecule has 0 bridgehead atoms. The lowest BCUT2D eigenvalue weighted by Crippen LogP contribution is -2.51. The Morgan fingerprint density at radius 2 is 2.11 bits per heavy atom. The highest BCUT2D eigenvalue weighted by Gasteiger charge is 2.51. The SMILES string of the molecule is CC1C(c2ccccc2CN)=NN(C)C12CCC2. The summed E-state index contributed by atoms with van der Waals surface area (Å²) in [6.07, 6.45) is 3.86. The zero-order valence-electron chi connectivity index (χ0n) is 11.2. The van der Waals surface area contributed by atoms with Gasteiger partial charge >= 0.3 is 0 Å². The van der Waals surface area contributed by atoms with Crippen molar-refractivity contribution in [2.75, 3.05) is 7.05 Å². The van der Waals surface area contributed by atoms with E-state index in [4.69, 9.17) is 10.8 Å². The number of hydrogen-bond donors (Lipinski definition) is 1. The number of benzene rings is 1. The van der Waals surface area contributed by atoms with Gasteiger partial charge in [0.15, 0.2) is 0 Å². The minimum absolute atomic E-state index is 0.289. The van der Waals surface area contributed by atoms with Gasteiger partial charge < -0.3 is 5.73 Å². The molecule has 1 saturated carbocycles. The monoisotopic (exact) mass is 243 g/mol. The Balaban J connectivity index is 2.00. The van der Waals surface area contributed by atoms with Crippen LogP contribution in [0, 0.1) is 5.92 Å². The first-order chi connectivity index (χ1) is 8.69. The summed E-state index contributed by atoms with van der Waals surface area (Å²) in [6, 6.07) is 8.39. The highest BCUT2D eigenvalue weighted by Crippen LogP contribution is 2.48. The molecule has 3 rings (SSSR count). The summed E-state index contributed by atoms with van der Waals surface area (Å²) in [5, 5.41) is 7.02. The fraction of sp³-hybridized carbons (Fsp3) is 0.533. The minimum Gasteiger partial charge on any atom is -0.326 e. The lowest BCUT2D eigenvalue weighted by atomic mass is 9.67. The van der Waals surface area contributed by atoms with E-state index in [2.05, 4.69) is 43.2 Å². The Morgan fingerprint density at radius 3 is 2.67 bits per heavy atom. The van der Waals surface area contributed by atoms with Crippen molar-refractivity contribution in [1.82, 2.24) is 5.01 Å². The van der Waals surface area contributed by atoms with Gasteiger partial charge in [-0.25, -0.2) is 0 Å². The van der Waals surface area contributed by atoms with Gasteiger partial charge in [0.25, 0.3) is 0 Å².